The van der Waals surface area contributed by atoms with Gasteiger partial charge in [0.15, 0.2) is 0 Å². The molecule has 0 aromatic rings. The van der Waals surface area contributed by atoms with Crippen LogP contribution in [-0.2, 0) is 13.6 Å². The molecule has 0 aromatic carbocycles. The van der Waals surface area contributed by atoms with E-state index in [0.717, 1.165) is 6.26 Å². The molecule has 1 unspecified atom stereocenters. The number of halogens is 2. The number of hydrogen-bond acceptors (Lipinski definition) is 3. The molecule has 0 heterocycles. The monoisotopic (exact) mass is 232 g/mol. The quantitative estimate of drug-likeness (QED) is 0.385. The van der Waals surface area contributed by atoms with Crippen LogP contribution in [0, 0.1) is 0 Å². The molecule has 0 aromatic heterocycles. The van der Waals surface area contributed by atoms with E-state index < -0.39 is 7.60 Å². The minimum absolute atomic E-state index is 0.164. The highest BCUT2D eigenvalue weighted by Gasteiger charge is 2.22. The third-order valence-corrected chi connectivity index (χ3v) is 3.38. The summed E-state index contributed by atoms with van der Waals surface area (Å²) in [5.41, 5.74) is 0. The zero-order valence-electron chi connectivity index (χ0n) is 6.54. The topological polar surface area (TPSA) is 35.5 Å². The molecular weight excluding hydrogens is 222 g/mol. The maximum atomic E-state index is 11.5. The van der Waals surface area contributed by atoms with E-state index in [1.807, 2.05) is 0 Å². The standard InChI is InChI=1S/C6H11Cl2O3P/c1-2-10-12(9,6-4-8)11-5-3-7/h2H,1,3-6H2. The van der Waals surface area contributed by atoms with Gasteiger partial charge in [-0.2, -0.15) is 0 Å². The number of rotatable bonds is 7. The van der Waals surface area contributed by atoms with Crippen LogP contribution in [0.15, 0.2) is 12.8 Å². The molecule has 0 aliphatic heterocycles. The summed E-state index contributed by atoms with van der Waals surface area (Å²) in [4.78, 5) is 0. The minimum Gasteiger partial charge on any atom is -0.433 e. The van der Waals surface area contributed by atoms with E-state index in [-0.39, 0.29) is 24.5 Å². The minimum atomic E-state index is -3.07. The summed E-state index contributed by atoms with van der Waals surface area (Å²) in [5.74, 6) is 0.486. The van der Waals surface area contributed by atoms with Crippen LogP contribution in [0.2, 0.25) is 0 Å². The highest BCUT2D eigenvalue weighted by Crippen LogP contribution is 2.48. The highest BCUT2D eigenvalue weighted by molar-refractivity contribution is 7.54. The Balaban J connectivity index is 3.98. The van der Waals surface area contributed by atoms with Gasteiger partial charge in [0.1, 0.15) is 0 Å². The molecule has 0 fully saturated rings. The van der Waals surface area contributed by atoms with E-state index in [4.69, 9.17) is 32.2 Å². The van der Waals surface area contributed by atoms with E-state index in [1.54, 1.807) is 0 Å². The SMILES string of the molecule is C=COP(=O)(CCCl)OCCCl. The average Bonchev–Trinajstić information content (AvgIpc) is 2.02. The van der Waals surface area contributed by atoms with Crippen molar-refractivity contribution in [3.8, 4) is 0 Å². The van der Waals surface area contributed by atoms with Crippen LogP contribution in [0.4, 0.5) is 0 Å². The Morgan fingerprint density at radius 2 is 2.08 bits per heavy atom. The molecule has 0 amide bonds. The molecule has 0 aliphatic rings. The summed E-state index contributed by atoms with van der Waals surface area (Å²) in [6.07, 6.45) is 1.25. The second-order valence-electron chi connectivity index (χ2n) is 1.82. The van der Waals surface area contributed by atoms with Gasteiger partial charge in [0, 0.05) is 11.8 Å². The van der Waals surface area contributed by atoms with Crippen molar-refractivity contribution in [1.82, 2.24) is 0 Å². The second kappa shape index (κ2) is 6.79. The van der Waals surface area contributed by atoms with Gasteiger partial charge in [-0.1, -0.05) is 6.58 Å². The van der Waals surface area contributed by atoms with Gasteiger partial charge < -0.3 is 4.52 Å². The normalized spacial score (nSPS) is 15.2. The van der Waals surface area contributed by atoms with Crippen LogP contribution in [0.1, 0.15) is 0 Å². The zero-order valence-corrected chi connectivity index (χ0v) is 8.95. The fourth-order valence-corrected chi connectivity index (χ4v) is 2.44. The molecule has 0 aliphatic carbocycles. The highest BCUT2D eigenvalue weighted by atomic mass is 35.5. The van der Waals surface area contributed by atoms with Gasteiger partial charge in [0.05, 0.1) is 19.0 Å². The van der Waals surface area contributed by atoms with Crippen molar-refractivity contribution in [3.05, 3.63) is 12.8 Å². The first kappa shape index (κ1) is 12.3. The van der Waals surface area contributed by atoms with Crippen molar-refractivity contribution in [2.75, 3.05) is 24.5 Å². The zero-order chi connectivity index (χ0) is 9.45. The Labute approximate surface area is 82.2 Å². The Morgan fingerprint density at radius 1 is 1.42 bits per heavy atom. The maximum absolute atomic E-state index is 11.5. The van der Waals surface area contributed by atoms with Crippen LogP contribution in [0.25, 0.3) is 0 Å². The number of alkyl halides is 2. The lowest BCUT2D eigenvalue weighted by molar-refractivity contribution is 0.265. The molecule has 3 nitrogen and oxygen atoms in total. The summed E-state index contributed by atoms with van der Waals surface area (Å²) in [6, 6.07) is 0. The largest absolute Gasteiger partial charge is 0.433 e. The fraction of sp³-hybridized carbons (Fsp3) is 0.667. The van der Waals surface area contributed by atoms with Gasteiger partial charge in [-0.05, 0) is 0 Å². The smallest absolute Gasteiger partial charge is 0.379 e. The molecular formula is C6H11Cl2O3P. The lowest BCUT2D eigenvalue weighted by Gasteiger charge is -2.14. The third kappa shape index (κ3) is 5.04. The maximum Gasteiger partial charge on any atom is 0.379 e. The van der Waals surface area contributed by atoms with E-state index >= 15 is 0 Å². The molecule has 0 N–H and O–H groups in total. The summed E-state index contributed by atoms with van der Waals surface area (Å²) < 4.78 is 21.1. The third-order valence-electron chi connectivity index (χ3n) is 0.959. The number of hydrogen-bond donors (Lipinski definition) is 0. The molecule has 0 rings (SSSR count). The molecule has 0 radical (unpaired) electrons. The Morgan fingerprint density at radius 3 is 2.50 bits per heavy atom. The first-order valence-corrected chi connectivity index (χ1v) is 6.13. The van der Waals surface area contributed by atoms with Crippen molar-refractivity contribution in [2.45, 2.75) is 0 Å². The van der Waals surface area contributed by atoms with Gasteiger partial charge in [-0.15, -0.1) is 23.2 Å². The van der Waals surface area contributed by atoms with E-state index in [2.05, 4.69) is 6.58 Å². The Kier molecular flexibility index (Phi) is 6.96. The van der Waals surface area contributed by atoms with Crippen LogP contribution in [0.5, 0.6) is 0 Å². The fourth-order valence-electron chi connectivity index (χ4n) is 0.538. The first-order valence-electron chi connectivity index (χ1n) is 3.33. The summed E-state index contributed by atoms with van der Waals surface area (Å²) in [6.45, 7) is 3.47. The van der Waals surface area contributed by atoms with E-state index in [0.29, 0.717) is 0 Å². The molecule has 0 saturated carbocycles. The van der Waals surface area contributed by atoms with Gasteiger partial charge >= 0.3 is 7.60 Å². The van der Waals surface area contributed by atoms with E-state index in [9.17, 15) is 4.57 Å². The van der Waals surface area contributed by atoms with Crippen molar-refractivity contribution in [2.24, 2.45) is 0 Å². The average molecular weight is 233 g/mol. The van der Waals surface area contributed by atoms with Crippen molar-refractivity contribution in [3.63, 3.8) is 0 Å². The van der Waals surface area contributed by atoms with Gasteiger partial charge in [-0.3, -0.25) is 4.52 Å². The summed E-state index contributed by atoms with van der Waals surface area (Å²) >= 11 is 10.7. The van der Waals surface area contributed by atoms with Crippen molar-refractivity contribution in [1.29, 1.82) is 0 Å². The molecule has 1 atom stereocenters. The molecule has 0 spiro atoms. The summed E-state index contributed by atoms with van der Waals surface area (Å²) in [7, 11) is -3.07. The summed E-state index contributed by atoms with van der Waals surface area (Å²) in [5, 5.41) is 0. The first-order chi connectivity index (χ1) is 5.68. The predicted octanol–water partition coefficient (Wildman–Crippen LogP) is 2.83. The molecule has 0 bridgehead atoms. The Bertz CT molecular complexity index is 174. The van der Waals surface area contributed by atoms with Gasteiger partial charge in [0.25, 0.3) is 0 Å². The van der Waals surface area contributed by atoms with E-state index in [1.165, 1.54) is 0 Å². The predicted molar refractivity (Wildman–Crippen MR) is 51.1 cm³/mol. The lowest BCUT2D eigenvalue weighted by atomic mass is 10.9. The lowest BCUT2D eigenvalue weighted by Crippen LogP contribution is -2.00. The van der Waals surface area contributed by atoms with Crippen LogP contribution in [0.3, 0.4) is 0 Å². The van der Waals surface area contributed by atoms with Gasteiger partial charge in [-0.25, -0.2) is 4.57 Å². The van der Waals surface area contributed by atoms with Gasteiger partial charge in [0.2, 0.25) is 0 Å². The van der Waals surface area contributed by atoms with Crippen LogP contribution < -0.4 is 0 Å². The Hall–Kier alpha value is 0.310. The molecule has 72 valence electrons. The van der Waals surface area contributed by atoms with Crippen LogP contribution in [-0.4, -0.2) is 24.5 Å². The molecule has 0 saturated heterocycles. The molecule has 6 heteroatoms. The van der Waals surface area contributed by atoms with Crippen LogP contribution >= 0.6 is 30.8 Å². The molecule has 12 heavy (non-hydrogen) atoms. The van der Waals surface area contributed by atoms with Crippen molar-refractivity contribution >= 4 is 30.8 Å². The second-order valence-corrected chi connectivity index (χ2v) is 4.71. The van der Waals surface area contributed by atoms with Crippen molar-refractivity contribution < 1.29 is 13.6 Å².